The first-order valence-electron chi connectivity index (χ1n) is 10.6. The standard InChI is InChI=1S/C23H31N3O3S/c1-5-18-14-30-22(24-18)17-7-6-12-26(13-17)23(28)20(15(2)3)25-21(27)16-8-10-19(29-4)11-9-16/h8-11,14-15,17,20H,5-7,12-13H2,1-4H3,(H,25,27). The Bertz CT molecular complexity index is 863. The van der Waals surface area contributed by atoms with Gasteiger partial charge in [0, 0.05) is 30.0 Å². The van der Waals surface area contributed by atoms with Crippen LogP contribution in [0.5, 0.6) is 5.75 Å². The highest BCUT2D eigenvalue weighted by atomic mass is 32.1. The van der Waals surface area contributed by atoms with E-state index in [0.717, 1.165) is 36.5 Å². The Morgan fingerprint density at radius 1 is 1.30 bits per heavy atom. The number of thiazole rings is 1. The number of nitrogens with one attached hydrogen (secondary N) is 1. The van der Waals surface area contributed by atoms with Gasteiger partial charge in [-0.2, -0.15) is 0 Å². The van der Waals surface area contributed by atoms with Crippen molar-refractivity contribution in [2.45, 2.75) is 52.0 Å². The predicted molar refractivity (Wildman–Crippen MR) is 119 cm³/mol. The van der Waals surface area contributed by atoms with E-state index < -0.39 is 6.04 Å². The maximum Gasteiger partial charge on any atom is 0.251 e. The summed E-state index contributed by atoms with van der Waals surface area (Å²) in [5.74, 6) is 0.704. The zero-order chi connectivity index (χ0) is 21.7. The van der Waals surface area contributed by atoms with Crippen LogP contribution in [0.3, 0.4) is 0 Å². The van der Waals surface area contributed by atoms with E-state index in [0.29, 0.717) is 17.9 Å². The van der Waals surface area contributed by atoms with Crippen LogP contribution in [-0.4, -0.2) is 47.9 Å². The number of likely N-dealkylation sites (tertiary alicyclic amines) is 1. The third-order valence-corrected chi connectivity index (χ3v) is 6.64. The summed E-state index contributed by atoms with van der Waals surface area (Å²) in [4.78, 5) is 32.7. The summed E-state index contributed by atoms with van der Waals surface area (Å²) in [6, 6.07) is 6.35. The molecule has 1 aliphatic heterocycles. The smallest absolute Gasteiger partial charge is 0.251 e. The quantitative estimate of drug-likeness (QED) is 0.725. The Hall–Kier alpha value is -2.41. The van der Waals surface area contributed by atoms with Gasteiger partial charge in [0.15, 0.2) is 0 Å². The molecule has 2 unspecified atom stereocenters. The van der Waals surface area contributed by atoms with Gasteiger partial charge in [0.1, 0.15) is 11.8 Å². The summed E-state index contributed by atoms with van der Waals surface area (Å²) in [5, 5.41) is 6.18. The average molecular weight is 430 g/mol. The molecule has 6 nitrogen and oxygen atoms in total. The van der Waals surface area contributed by atoms with Crippen molar-refractivity contribution in [2.24, 2.45) is 5.92 Å². The fourth-order valence-corrected chi connectivity index (χ4v) is 4.76. The third kappa shape index (κ3) is 5.19. The molecule has 1 N–H and O–H groups in total. The number of carbonyl (C=O) groups excluding carboxylic acids is 2. The van der Waals surface area contributed by atoms with E-state index in [9.17, 15) is 9.59 Å². The Labute approximate surface area is 182 Å². The van der Waals surface area contributed by atoms with Crippen molar-refractivity contribution in [1.29, 1.82) is 0 Å². The van der Waals surface area contributed by atoms with Crippen LogP contribution in [0.1, 0.15) is 60.6 Å². The first-order chi connectivity index (χ1) is 14.4. The lowest BCUT2D eigenvalue weighted by Gasteiger charge is -2.35. The Kier molecular flexibility index (Phi) is 7.48. The number of aryl methyl sites for hydroxylation is 1. The summed E-state index contributed by atoms with van der Waals surface area (Å²) in [6.07, 6.45) is 2.93. The second-order valence-corrected chi connectivity index (χ2v) is 8.97. The molecule has 2 aromatic rings. The van der Waals surface area contributed by atoms with Gasteiger partial charge in [-0.25, -0.2) is 4.98 Å². The van der Waals surface area contributed by atoms with E-state index in [1.807, 2.05) is 18.7 Å². The number of piperidine rings is 1. The lowest BCUT2D eigenvalue weighted by molar-refractivity contribution is -0.135. The summed E-state index contributed by atoms with van der Waals surface area (Å²) < 4.78 is 5.14. The molecule has 2 amide bonds. The average Bonchev–Trinajstić information content (AvgIpc) is 3.26. The SMILES string of the molecule is CCc1csc(C2CCCN(C(=O)C(NC(=O)c3ccc(OC)cc3)C(C)C)C2)n1. The van der Waals surface area contributed by atoms with Crippen molar-refractivity contribution in [1.82, 2.24) is 15.2 Å². The maximum absolute atomic E-state index is 13.3. The van der Waals surface area contributed by atoms with Crippen LogP contribution in [0.15, 0.2) is 29.6 Å². The summed E-state index contributed by atoms with van der Waals surface area (Å²) in [6.45, 7) is 7.42. The molecule has 1 aliphatic rings. The molecule has 162 valence electrons. The highest BCUT2D eigenvalue weighted by Gasteiger charge is 2.33. The van der Waals surface area contributed by atoms with Crippen molar-refractivity contribution in [3.05, 3.63) is 45.9 Å². The highest BCUT2D eigenvalue weighted by Crippen LogP contribution is 2.30. The van der Waals surface area contributed by atoms with Gasteiger partial charge in [-0.05, 0) is 49.4 Å². The summed E-state index contributed by atoms with van der Waals surface area (Å²) >= 11 is 1.69. The molecule has 0 bridgehead atoms. The Morgan fingerprint density at radius 3 is 2.63 bits per heavy atom. The molecule has 2 heterocycles. The van der Waals surface area contributed by atoms with E-state index in [4.69, 9.17) is 9.72 Å². The zero-order valence-corrected chi connectivity index (χ0v) is 19.0. The lowest BCUT2D eigenvalue weighted by Crippen LogP contribution is -2.53. The van der Waals surface area contributed by atoms with Crippen molar-refractivity contribution in [3.63, 3.8) is 0 Å². The van der Waals surface area contributed by atoms with Gasteiger partial charge in [0.25, 0.3) is 5.91 Å². The largest absolute Gasteiger partial charge is 0.497 e. The van der Waals surface area contributed by atoms with Crippen LogP contribution in [0.25, 0.3) is 0 Å². The first kappa shape index (κ1) is 22.3. The number of rotatable bonds is 7. The van der Waals surface area contributed by atoms with E-state index in [1.54, 1.807) is 42.7 Å². The monoisotopic (exact) mass is 429 g/mol. The second kappa shape index (κ2) is 10.1. The lowest BCUT2D eigenvalue weighted by atomic mass is 9.96. The Morgan fingerprint density at radius 2 is 2.03 bits per heavy atom. The van der Waals surface area contributed by atoms with Gasteiger partial charge in [-0.3, -0.25) is 9.59 Å². The fraction of sp³-hybridized carbons (Fsp3) is 0.522. The number of nitrogens with zero attached hydrogens (tertiary/aromatic N) is 2. The molecular weight excluding hydrogens is 398 g/mol. The summed E-state index contributed by atoms with van der Waals surface area (Å²) in [7, 11) is 1.59. The first-order valence-corrected chi connectivity index (χ1v) is 11.5. The molecule has 1 fully saturated rings. The van der Waals surface area contributed by atoms with Crippen LogP contribution in [0.2, 0.25) is 0 Å². The van der Waals surface area contributed by atoms with Crippen LogP contribution in [0, 0.1) is 5.92 Å². The van der Waals surface area contributed by atoms with Crippen LogP contribution >= 0.6 is 11.3 Å². The predicted octanol–water partition coefficient (Wildman–Crippen LogP) is 3.87. The topological polar surface area (TPSA) is 71.5 Å². The molecule has 2 atom stereocenters. The number of benzene rings is 1. The number of aromatic nitrogens is 1. The van der Waals surface area contributed by atoms with Crippen LogP contribution < -0.4 is 10.1 Å². The van der Waals surface area contributed by atoms with E-state index >= 15 is 0 Å². The van der Waals surface area contributed by atoms with E-state index in [2.05, 4.69) is 17.6 Å². The van der Waals surface area contributed by atoms with Gasteiger partial charge in [0.05, 0.1) is 17.8 Å². The van der Waals surface area contributed by atoms with Crippen molar-refractivity contribution >= 4 is 23.2 Å². The molecule has 1 saturated heterocycles. The van der Waals surface area contributed by atoms with Gasteiger partial charge in [-0.1, -0.05) is 20.8 Å². The van der Waals surface area contributed by atoms with E-state index in [-0.39, 0.29) is 23.7 Å². The molecule has 3 rings (SSSR count). The molecule has 0 spiro atoms. The van der Waals surface area contributed by atoms with Crippen LogP contribution in [-0.2, 0) is 11.2 Å². The molecule has 7 heteroatoms. The van der Waals surface area contributed by atoms with Crippen molar-refractivity contribution in [3.8, 4) is 5.75 Å². The minimum atomic E-state index is -0.555. The van der Waals surface area contributed by atoms with Crippen LogP contribution in [0.4, 0.5) is 0 Å². The van der Waals surface area contributed by atoms with Gasteiger partial charge in [-0.15, -0.1) is 11.3 Å². The van der Waals surface area contributed by atoms with Gasteiger partial charge >= 0.3 is 0 Å². The molecule has 0 radical (unpaired) electrons. The molecule has 1 aromatic carbocycles. The second-order valence-electron chi connectivity index (χ2n) is 8.08. The summed E-state index contributed by atoms with van der Waals surface area (Å²) in [5.41, 5.74) is 1.63. The number of amides is 2. The number of carbonyl (C=O) groups is 2. The Balaban J connectivity index is 1.68. The van der Waals surface area contributed by atoms with Gasteiger partial charge < -0.3 is 15.0 Å². The third-order valence-electron chi connectivity index (χ3n) is 5.59. The van der Waals surface area contributed by atoms with E-state index in [1.165, 1.54) is 0 Å². The number of methoxy groups -OCH3 is 1. The minimum Gasteiger partial charge on any atom is -0.497 e. The number of hydrogen-bond acceptors (Lipinski definition) is 5. The molecule has 30 heavy (non-hydrogen) atoms. The number of ether oxygens (including phenoxy) is 1. The maximum atomic E-state index is 13.3. The molecule has 0 aliphatic carbocycles. The van der Waals surface area contributed by atoms with Gasteiger partial charge in [0.2, 0.25) is 5.91 Å². The number of hydrogen-bond donors (Lipinski definition) is 1. The normalized spacial score (nSPS) is 17.6. The highest BCUT2D eigenvalue weighted by molar-refractivity contribution is 7.09. The molecular formula is C23H31N3O3S. The molecule has 1 aromatic heterocycles. The fourth-order valence-electron chi connectivity index (χ4n) is 3.73. The van der Waals surface area contributed by atoms with Crippen molar-refractivity contribution < 1.29 is 14.3 Å². The minimum absolute atomic E-state index is 0.00775. The van der Waals surface area contributed by atoms with Crippen molar-refractivity contribution in [2.75, 3.05) is 20.2 Å². The zero-order valence-electron chi connectivity index (χ0n) is 18.2. The molecule has 0 saturated carbocycles.